The van der Waals surface area contributed by atoms with Crippen LogP contribution in [0.5, 0.6) is 5.75 Å². The summed E-state index contributed by atoms with van der Waals surface area (Å²) < 4.78 is 17.0. The predicted molar refractivity (Wildman–Crippen MR) is 352 cm³/mol. The van der Waals surface area contributed by atoms with Crippen LogP contribution in [0.25, 0.3) is 0 Å². The van der Waals surface area contributed by atoms with Gasteiger partial charge in [0.2, 0.25) is 41.3 Å². The van der Waals surface area contributed by atoms with Gasteiger partial charge in [-0.1, -0.05) is 124 Å². The first-order valence-corrected chi connectivity index (χ1v) is 32.8. The van der Waals surface area contributed by atoms with Gasteiger partial charge in [0.25, 0.3) is 11.8 Å². The minimum Gasteiger partial charge on any atom is -0.505 e. The second-order valence-electron chi connectivity index (χ2n) is 25.0. The van der Waals surface area contributed by atoms with Crippen molar-refractivity contribution >= 4 is 70.8 Å². The van der Waals surface area contributed by atoms with Crippen LogP contribution in [0.15, 0.2) is 137 Å². The van der Waals surface area contributed by atoms with Gasteiger partial charge in [-0.2, -0.15) is 0 Å². The van der Waals surface area contributed by atoms with Crippen LogP contribution in [-0.4, -0.2) is 192 Å². The number of benzene rings is 2. The highest BCUT2D eigenvalue weighted by molar-refractivity contribution is 6.02. The van der Waals surface area contributed by atoms with Crippen molar-refractivity contribution in [2.24, 2.45) is 11.8 Å². The van der Waals surface area contributed by atoms with Crippen molar-refractivity contribution in [3.8, 4) is 5.75 Å². The summed E-state index contributed by atoms with van der Waals surface area (Å²) in [6.07, 6.45) is 9.72. The van der Waals surface area contributed by atoms with Crippen LogP contribution in [0.1, 0.15) is 131 Å². The summed E-state index contributed by atoms with van der Waals surface area (Å²) in [5.74, 6) is -8.36. The van der Waals surface area contributed by atoms with Crippen LogP contribution < -0.4 is 21.3 Å². The van der Waals surface area contributed by atoms with Crippen LogP contribution in [0.2, 0.25) is 0 Å². The number of aromatic nitrogens is 2. The van der Waals surface area contributed by atoms with Crippen LogP contribution in [0.3, 0.4) is 0 Å². The van der Waals surface area contributed by atoms with E-state index in [2.05, 4.69) is 31.2 Å². The molecule has 0 aliphatic carbocycles. The third kappa shape index (κ3) is 18.8. The number of Topliss-reactive ketones (excluding diaryl/α,β-unsaturated/α-hetero) is 2. The molecule has 98 heavy (non-hydrogen) atoms. The van der Waals surface area contributed by atoms with Crippen molar-refractivity contribution in [2.75, 3.05) is 33.2 Å². The zero-order valence-electron chi connectivity index (χ0n) is 55.8. The standard InChI is InChI=1S/C43H49N7O10.C28H35N3O7/c1-4-29-40(56)49-21-12-17-30(49)41(57)48(3)32(23-26-13-7-5-8-14-26)42(58)50-22-19-28(51)24-31(50)37(53)47-35(27-15-9-6-10-16-27)43(59)60-25(2)34(38(54)45-29)46-39(55)36-33(52)18-11-20-44-36;1-17(2)26-19(4)9-10-24(34)29-11-5-7-18(3)13-20(32)14-21(33)15-25-30-22(16-37-25)27(35)31-12-6-8-23(31)28(36)38-26/h5-11,13-16,18,20,25,29-32,34-35,52H,4,12,17,19,21-24H2,1-3H3,(H,45,54)(H,46,55)(H,47,53);5,7-10,13,16-17,19-20,26,32H,6,11-12,14-15H2,1-4H3,(H,29,34)/b;7-5-,10-9-,18-13-/t25-,29-,30-,31-,32?,34-,35+;19-,20+,26-/m00/s1. The number of piperidine rings is 1. The fraction of sp³-hybridized carbons (Fsp3) is 0.437. The molecule has 2 aromatic heterocycles. The number of esters is 2. The van der Waals surface area contributed by atoms with E-state index in [9.17, 15) is 67.7 Å². The Hall–Kier alpha value is -10.4. The van der Waals surface area contributed by atoms with Crippen molar-refractivity contribution in [1.29, 1.82) is 0 Å². The molecule has 6 N–H and O–H groups in total. The number of hydrogen-bond acceptors (Lipinski definition) is 19. The molecule has 0 saturated carbocycles. The maximum atomic E-state index is 14.8. The van der Waals surface area contributed by atoms with E-state index in [1.807, 2.05) is 26.8 Å². The second-order valence-corrected chi connectivity index (χ2v) is 25.0. The lowest BCUT2D eigenvalue weighted by Gasteiger charge is -2.40. The molecule has 9 rings (SSSR count). The number of hydrogen-bond donors (Lipinski definition) is 6. The molecule has 5 aliphatic heterocycles. The van der Waals surface area contributed by atoms with Crippen molar-refractivity contribution in [3.63, 3.8) is 0 Å². The van der Waals surface area contributed by atoms with E-state index in [-0.39, 0.29) is 123 Å². The average Bonchev–Trinajstić information content (AvgIpc) is 1.08. The van der Waals surface area contributed by atoms with E-state index in [0.29, 0.717) is 12.8 Å². The first-order valence-electron chi connectivity index (χ1n) is 32.8. The number of carbonyl (C=O) groups is 12. The molecule has 5 aliphatic rings. The van der Waals surface area contributed by atoms with E-state index < -0.39 is 119 Å². The van der Waals surface area contributed by atoms with E-state index in [0.717, 1.165) is 17.4 Å². The quantitative estimate of drug-likeness (QED) is 0.143. The number of allylic oxidation sites excluding steroid dienone is 2. The van der Waals surface area contributed by atoms with Gasteiger partial charge >= 0.3 is 11.9 Å². The zero-order chi connectivity index (χ0) is 70.9. The van der Waals surface area contributed by atoms with Gasteiger partial charge in [-0.25, -0.2) is 19.6 Å². The van der Waals surface area contributed by atoms with Crippen molar-refractivity contribution in [3.05, 3.63) is 161 Å². The SMILES string of the molecule is CC1=C/[C@@H](O)CC(=O)Cc2nc(co2)C(=O)N2CCC=C2C(=O)O[C@@H](C(C)C)[C@@H](C)/C=C\C(=O)NC/C=C\1.CC[C@@H]1NC(=O)[C@@H](NC(=O)c2ncccc2O)[C@H](C)OC(=O)[C@@H](c2ccccc2)NC(=O)[C@@H]2CC(=O)CCN2C(=O)C(Cc2ccccc2)N(C)C(=O)[C@@H]2CCCN2C1=O. The van der Waals surface area contributed by atoms with Crippen molar-refractivity contribution in [1.82, 2.24) is 50.8 Å². The molecule has 7 heterocycles. The largest absolute Gasteiger partial charge is 0.505 e. The maximum Gasteiger partial charge on any atom is 0.355 e. The number of likely N-dealkylation sites (N-methyl/N-ethyl adjacent to an activating group) is 1. The molecule has 1 unspecified atom stereocenters. The Morgan fingerprint density at radius 3 is 2.22 bits per heavy atom. The number of aromatic hydroxyl groups is 1. The molecule has 3 saturated heterocycles. The molecule has 27 heteroatoms. The van der Waals surface area contributed by atoms with E-state index in [4.69, 9.17) is 13.9 Å². The third-order valence-electron chi connectivity index (χ3n) is 17.4. The monoisotopic (exact) mass is 1350 g/mol. The summed E-state index contributed by atoms with van der Waals surface area (Å²) >= 11 is 0. The Bertz CT molecular complexity index is 3750. The van der Waals surface area contributed by atoms with E-state index in [1.54, 1.807) is 98.8 Å². The normalized spacial score (nSPS) is 26.7. The highest BCUT2D eigenvalue weighted by Gasteiger charge is 2.46. The minimum atomic E-state index is -1.68. The number of oxazole rings is 1. The molecule has 4 aromatic rings. The first kappa shape index (κ1) is 73.4. The van der Waals surface area contributed by atoms with Crippen LogP contribution >= 0.6 is 0 Å². The topological polar surface area (TPSA) is 364 Å². The highest BCUT2D eigenvalue weighted by atomic mass is 16.6. The highest BCUT2D eigenvalue weighted by Crippen LogP contribution is 2.29. The van der Waals surface area contributed by atoms with Gasteiger partial charge in [-0.3, -0.25) is 47.9 Å². The molecule has 3 fully saturated rings. The predicted octanol–water partition coefficient (Wildman–Crippen LogP) is 3.86. The number of amides is 8. The number of aliphatic hydroxyl groups excluding tert-OH is 1. The minimum absolute atomic E-state index is 0.0315. The number of ketones is 2. The van der Waals surface area contributed by atoms with Crippen molar-refractivity contribution < 1.29 is 81.6 Å². The summed E-state index contributed by atoms with van der Waals surface area (Å²) in [5.41, 5.74) is 1.37. The average molecular weight is 1350 g/mol. The Morgan fingerprint density at radius 1 is 0.806 bits per heavy atom. The lowest BCUT2D eigenvalue weighted by atomic mass is 9.94. The molecule has 0 radical (unpaired) electrons. The molecule has 8 amide bonds. The van der Waals surface area contributed by atoms with Gasteiger partial charge in [0.05, 0.1) is 12.5 Å². The van der Waals surface area contributed by atoms with Gasteiger partial charge in [-0.05, 0) is 74.8 Å². The van der Waals surface area contributed by atoms with Crippen LogP contribution in [0, 0.1) is 11.8 Å². The lowest BCUT2D eigenvalue weighted by molar-refractivity contribution is -0.157. The fourth-order valence-electron chi connectivity index (χ4n) is 12.2. The Morgan fingerprint density at radius 2 is 1.52 bits per heavy atom. The zero-order valence-corrected chi connectivity index (χ0v) is 55.8. The number of nitrogens with one attached hydrogen (secondary N) is 4. The number of pyridine rings is 1. The van der Waals surface area contributed by atoms with Gasteiger partial charge in [0.1, 0.15) is 71.7 Å². The smallest absolute Gasteiger partial charge is 0.355 e. The van der Waals surface area contributed by atoms with E-state index >= 15 is 0 Å². The number of rotatable bonds is 7. The number of nitrogens with zero attached hydrogens (tertiary/aromatic N) is 6. The Kier molecular flexibility index (Phi) is 25.4. The Balaban J connectivity index is 0.000000277. The summed E-state index contributed by atoms with van der Waals surface area (Å²) in [4.78, 5) is 177. The summed E-state index contributed by atoms with van der Waals surface area (Å²) in [7, 11) is 1.47. The Labute approximate surface area is 567 Å². The van der Waals surface area contributed by atoms with Gasteiger partial charge in [-0.15, -0.1) is 0 Å². The van der Waals surface area contributed by atoms with Gasteiger partial charge in [0.15, 0.2) is 17.4 Å². The first-order chi connectivity index (χ1) is 46.8. The summed E-state index contributed by atoms with van der Waals surface area (Å²) in [6, 6.07) is 11.7. The fourth-order valence-corrected chi connectivity index (χ4v) is 12.2. The van der Waals surface area contributed by atoms with Crippen LogP contribution in [-0.2, 0) is 70.3 Å². The van der Waals surface area contributed by atoms with Crippen molar-refractivity contribution in [2.45, 2.75) is 154 Å². The molecule has 0 spiro atoms. The summed E-state index contributed by atoms with van der Waals surface area (Å²) in [5, 5.41) is 31.2. The lowest BCUT2D eigenvalue weighted by Crippen LogP contribution is -2.61. The maximum absolute atomic E-state index is 14.8. The molecular weight excluding hydrogens is 1260 g/mol. The molecule has 2 aromatic carbocycles. The van der Waals surface area contributed by atoms with Gasteiger partial charge < -0.3 is 65.0 Å². The molecule has 2 bridgehead atoms. The molecule has 520 valence electrons. The number of cyclic esters (lactones) is 2. The van der Waals surface area contributed by atoms with E-state index in [1.165, 1.54) is 58.0 Å². The number of carbonyl (C=O) groups excluding carboxylic acids is 12. The molecular formula is C71H84N10O17. The van der Waals surface area contributed by atoms with Crippen LogP contribution in [0.4, 0.5) is 0 Å². The summed E-state index contributed by atoms with van der Waals surface area (Å²) in [6.45, 7) is 11.0. The molecule has 10 atom stereocenters. The third-order valence-corrected chi connectivity index (χ3v) is 17.4. The number of ether oxygens (including phenoxy) is 2. The molecule has 27 nitrogen and oxygen atoms in total. The number of fused-ring (bicyclic) bond motifs is 5. The number of aliphatic hydroxyl groups is 1. The van der Waals surface area contributed by atoms with Gasteiger partial charge in [0, 0.05) is 71.0 Å². The second kappa shape index (κ2) is 34.0.